The highest BCUT2D eigenvalue weighted by Crippen LogP contribution is 2.31. The Balaban J connectivity index is 2.08. The van der Waals surface area contributed by atoms with Gasteiger partial charge in [0.15, 0.2) is 15.7 Å². The molecular formula is C13H19N3O3S. The first-order chi connectivity index (χ1) is 9.37. The molecule has 110 valence electrons. The van der Waals surface area contributed by atoms with Crippen molar-refractivity contribution >= 4 is 9.84 Å². The average molecular weight is 297 g/mol. The first-order valence-electron chi connectivity index (χ1n) is 6.77. The van der Waals surface area contributed by atoms with Crippen LogP contribution in [0.4, 0.5) is 0 Å². The first kappa shape index (κ1) is 15.0. The van der Waals surface area contributed by atoms with Crippen molar-refractivity contribution in [3.8, 4) is 6.07 Å². The fourth-order valence-electron chi connectivity index (χ4n) is 2.37. The van der Waals surface area contributed by atoms with Gasteiger partial charge >= 0.3 is 0 Å². The fourth-order valence-corrected chi connectivity index (χ4v) is 4.11. The molecule has 20 heavy (non-hydrogen) atoms. The number of sulfone groups is 1. The lowest BCUT2D eigenvalue weighted by Gasteiger charge is -2.22. The molecule has 0 aromatic carbocycles. The Morgan fingerprint density at radius 3 is 2.85 bits per heavy atom. The maximum absolute atomic E-state index is 11.5. The normalized spacial score (nSPS) is 24.1. The lowest BCUT2D eigenvalue weighted by molar-refractivity contribution is 0.265. The van der Waals surface area contributed by atoms with Crippen LogP contribution in [0.25, 0.3) is 0 Å². The second kappa shape index (κ2) is 5.52. The van der Waals surface area contributed by atoms with Gasteiger partial charge in [0.25, 0.3) is 0 Å². The van der Waals surface area contributed by atoms with Crippen LogP contribution in [0.2, 0.25) is 0 Å². The van der Waals surface area contributed by atoms with Crippen molar-refractivity contribution in [1.82, 2.24) is 10.1 Å². The van der Waals surface area contributed by atoms with E-state index in [0.717, 1.165) is 6.42 Å². The molecule has 2 rings (SSSR count). The minimum Gasteiger partial charge on any atom is -0.339 e. The Hall–Kier alpha value is -1.42. The Morgan fingerprint density at radius 2 is 2.30 bits per heavy atom. The molecule has 2 unspecified atom stereocenters. The molecule has 1 aromatic heterocycles. The highest BCUT2D eigenvalue weighted by atomic mass is 32.2. The van der Waals surface area contributed by atoms with E-state index in [0.29, 0.717) is 31.0 Å². The third-order valence-corrected chi connectivity index (χ3v) is 5.79. The van der Waals surface area contributed by atoms with Gasteiger partial charge in [0.05, 0.1) is 17.6 Å². The Bertz CT molecular complexity index is 617. The van der Waals surface area contributed by atoms with E-state index in [1.807, 2.05) is 13.8 Å². The minimum atomic E-state index is -2.95. The third-order valence-electron chi connectivity index (χ3n) is 4.02. The van der Waals surface area contributed by atoms with E-state index in [1.54, 1.807) is 0 Å². The van der Waals surface area contributed by atoms with E-state index in [2.05, 4.69) is 16.2 Å². The van der Waals surface area contributed by atoms with Crippen molar-refractivity contribution in [3.05, 3.63) is 11.7 Å². The van der Waals surface area contributed by atoms with E-state index < -0.39 is 9.84 Å². The summed E-state index contributed by atoms with van der Waals surface area (Å²) in [7, 11) is -2.95. The molecule has 1 fully saturated rings. The van der Waals surface area contributed by atoms with Crippen LogP contribution in [0, 0.1) is 16.7 Å². The summed E-state index contributed by atoms with van der Waals surface area (Å²) in [6.45, 7) is 4.04. The molecule has 0 spiro atoms. The Labute approximate surface area is 119 Å². The zero-order chi connectivity index (χ0) is 14.8. The Morgan fingerprint density at radius 1 is 1.55 bits per heavy atom. The highest BCUT2D eigenvalue weighted by molar-refractivity contribution is 7.91. The van der Waals surface area contributed by atoms with Gasteiger partial charge < -0.3 is 4.52 Å². The average Bonchev–Trinajstić information content (AvgIpc) is 2.96. The molecule has 0 amide bonds. The van der Waals surface area contributed by atoms with Crippen molar-refractivity contribution < 1.29 is 12.9 Å². The van der Waals surface area contributed by atoms with Gasteiger partial charge in [-0.2, -0.15) is 10.2 Å². The SMILES string of the molecule is CCC(C)(CC#N)Cc1nc(C2CCS(=O)(=O)C2)no1. The predicted molar refractivity (Wildman–Crippen MR) is 72.6 cm³/mol. The van der Waals surface area contributed by atoms with E-state index >= 15 is 0 Å². The lowest BCUT2D eigenvalue weighted by atomic mass is 9.81. The van der Waals surface area contributed by atoms with Crippen LogP contribution in [0.1, 0.15) is 50.7 Å². The molecule has 1 aromatic rings. The summed E-state index contributed by atoms with van der Waals surface area (Å²) in [6.07, 6.45) is 2.38. The number of hydrogen-bond acceptors (Lipinski definition) is 6. The number of aromatic nitrogens is 2. The molecule has 0 bridgehead atoms. The summed E-state index contributed by atoms with van der Waals surface area (Å²) in [5.74, 6) is 1.12. The lowest BCUT2D eigenvalue weighted by Crippen LogP contribution is -2.18. The number of nitrogens with zero attached hydrogens (tertiary/aromatic N) is 3. The number of nitriles is 1. The fraction of sp³-hybridized carbons (Fsp3) is 0.769. The van der Waals surface area contributed by atoms with Crippen LogP contribution < -0.4 is 0 Å². The molecule has 0 saturated carbocycles. The quantitative estimate of drug-likeness (QED) is 0.822. The smallest absolute Gasteiger partial charge is 0.227 e. The zero-order valence-electron chi connectivity index (χ0n) is 11.8. The van der Waals surface area contributed by atoms with E-state index in [-0.39, 0.29) is 22.8 Å². The van der Waals surface area contributed by atoms with Crippen molar-refractivity contribution in [1.29, 1.82) is 5.26 Å². The number of rotatable bonds is 5. The number of hydrogen-bond donors (Lipinski definition) is 0. The first-order valence-corrected chi connectivity index (χ1v) is 8.59. The summed E-state index contributed by atoms with van der Waals surface area (Å²) in [5.41, 5.74) is -0.180. The van der Waals surface area contributed by atoms with Crippen LogP contribution in [-0.4, -0.2) is 30.1 Å². The Kier molecular flexibility index (Phi) is 4.14. The van der Waals surface area contributed by atoms with E-state index in [9.17, 15) is 8.42 Å². The minimum absolute atomic E-state index is 0.106. The van der Waals surface area contributed by atoms with Crippen LogP contribution >= 0.6 is 0 Å². The molecule has 1 aliphatic rings. The maximum atomic E-state index is 11.5. The van der Waals surface area contributed by atoms with Gasteiger partial charge in [-0.1, -0.05) is 19.0 Å². The van der Waals surface area contributed by atoms with Crippen molar-refractivity contribution in [3.63, 3.8) is 0 Å². The second-order valence-corrected chi connectivity index (χ2v) is 8.05. The van der Waals surface area contributed by atoms with E-state index in [4.69, 9.17) is 9.78 Å². The molecule has 1 aliphatic heterocycles. The van der Waals surface area contributed by atoms with Gasteiger partial charge in [-0.05, 0) is 18.3 Å². The molecule has 2 atom stereocenters. The van der Waals surface area contributed by atoms with E-state index in [1.165, 1.54) is 0 Å². The summed E-state index contributed by atoms with van der Waals surface area (Å²) in [6, 6.07) is 2.18. The van der Waals surface area contributed by atoms with Crippen molar-refractivity contribution in [2.45, 2.75) is 45.4 Å². The van der Waals surface area contributed by atoms with Gasteiger partial charge in [-0.3, -0.25) is 0 Å². The predicted octanol–water partition coefficient (Wildman–Crippen LogP) is 1.84. The van der Waals surface area contributed by atoms with Crippen LogP contribution in [0.15, 0.2) is 4.52 Å². The monoisotopic (exact) mass is 297 g/mol. The topological polar surface area (TPSA) is 96.8 Å². The molecule has 0 aliphatic carbocycles. The molecule has 2 heterocycles. The largest absolute Gasteiger partial charge is 0.339 e. The van der Waals surface area contributed by atoms with Crippen LogP contribution in [0.5, 0.6) is 0 Å². The molecule has 7 heteroatoms. The van der Waals surface area contributed by atoms with Gasteiger partial charge in [0.1, 0.15) is 0 Å². The van der Waals surface area contributed by atoms with Gasteiger partial charge in [0, 0.05) is 18.8 Å². The molecule has 6 nitrogen and oxygen atoms in total. The van der Waals surface area contributed by atoms with Crippen molar-refractivity contribution in [2.75, 3.05) is 11.5 Å². The summed E-state index contributed by atoms with van der Waals surface area (Å²) in [5, 5.41) is 12.8. The molecule has 0 N–H and O–H groups in total. The molecule has 1 saturated heterocycles. The third kappa shape index (κ3) is 3.37. The van der Waals surface area contributed by atoms with Crippen LogP contribution in [-0.2, 0) is 16.3 Å². The van der Waals surface area contributed by atoms with Gasteiger partial charge in [-0.15, -0.1) is 0 Å². The summed E-state index contributed by atoms with van der Waals surface area (Å²) in [4.78, 5) is 4.32. The molecular weight excluding hydrogens is 278 g/mol. The van der Waals surface area contributed by atoms with Gasteiger partial charge in [0.2, 0.25) is 5.89 Å². The molecule has 0 radical (unpaired) electrons. The summed E-state index contributed by atoms with van der Waals surface area (Å²) >= 11 is 0. The highest BCUT2D eigenvalue weighted by Gasteiger charge is 2.33. The maximum Gasteiger partial charge on any atom is 0.227 e. The standard InChI is InChI=1S/C13H19N3O3S/c1-3-13(2,5-6-14)8-11-15-12(16-19-11)10-4-7-20(17,18)9-10/h10H,3-5,7-9H2,1-2H3. The summed E-state index contributed by atoms with van der Waals surface area (Å²) < 4.78 is 28.1. The van der Waals surface area contributed by atoms with Crippen LogP contribution in [0.3, 0.4) is 0 Å². The second-order valence-electron chi connectivity index (χ2n) is 5.82. The van der Waals surface area contributed by atoms with Crippen molar-refractivity contribution in [2.24, 2.45) is 5.41 Å². The van der Waals surface area contributed by atoms with Gasteiger partial charge in [-0.25, -0.2) is 8.42 Å². The zero-order valence-corrected chi connectivity index (χ0v) is 12.6.